The third-order valence-electron chi connectivity index (χ3n) is 4.19. The Kier molecular flexibility index (Phi) is 5.69. The van der Waals surface area contributed by atoms with E-state index >= 15 is 0 Å². The highest BCUT2D eigenvalue weighted by atomic mass is 16.5. The van der Waals surface area contributed by atoms with Crippen LogP contribution < -0.4 is 4.74 Å². The zero-order valence-electron chi connectivity index (χ0n) is 15.1. The standard InChI is InChI=1S/C21H23N3O2/c1-17-13-14-22-24(17)19-11-9-18(10-12-19)21(25)23(2)15-6-16-26-20-7-4-3-5-8-20/h3-5,7-14H,6,15-16H2,1-2H3. The molecule has 5 nitrogen and oxygen atoms in total. The lowest BCUT2D eigenvalue weighted by Gasteiger charge is -2.17. The summed E-state index contributed by atoms with van der Waals surface area (Å²) in [4.78, 5) is 14.3. The molecule has 0 unspecified atom stereocenters. The zero-order chi connectivity index (χ0) is 18.4. The predicted molar refractivity (Wildman–Crippen MR) is 102 cm³/mol. The molecular formula is C21H23N3O2. The highest BCUT2D eigenvalue weighted by Crippen LogP contribution is 2.13. The van der Waals surface area contributed by atoms with Crippen molar-refractivity contribution in [3.05, 3.63) is 78.1 Å². The predicted octanol–water partition coefficient (Wildman–Crippen LogP) is 3.72. The Morgan fingerprint density at radius 1 is 1.08 bits per heavy atom. The minimum absolute atomic E-state index is 0.00782. The molecule has 0 bridgehead atoms. The molecule has 3 aromatic rings. The molecule has 1 aromatic heterocycles. The van der Waals surface area contributed by atoms with E-state index in [1.807, 2.05) is 79.3 Å². The second-order valence-electron chi connectivity index (χ2n) is 6.17. The zero-order valence-corrected chi connectivity index (χ0v) is 15.1. The maximum absolute atomic E-state index is 12.5. The van der Waals surface area contributed by atoms with Crippen molar-refractivity contribution in [2.75, 3.05) is 20.2 Å². The number of hydrogen-bond acceptors (Lipinski definition) is 3. The third-order valence-corrected chi connectivity index (χ3v) is 4.19. The molecule has 1 heterocycles. The van der Waals surface area contributed by atoms with Crippen molar-refractivity contribution in [1.82, 2.24) is 14.7 Å². The number of nitrogens with zero attached hydrogens (tertiary/aromatic N) is 3. The van der Waals surface area contributed by atoms with Gasteiger partial charge in [0, 0.05) is 31.0 Å². The molecule has 0 aliphatic heterocycles. The van der Waals surface area contributed by atoms with Crippen LogP contribution in [0.2, 0.25) is 0 Å². The van der Waals surface area contributed by atoms with Gasteiger partial charge in [0.1, 0.15) is 5.75 Å². The van der Waals surface area contributed by atoms with E-state index in [1.54, 1.807) is 11.1 Å². The van der Waals surface area contributed by atoms with Crippen LogP contribution in [0.3, 0.4) is 0 Å². The van der Waals surface area contributed by atoms with Gasteiger partial charge >= 0.3 is 0 Å². The minimum atomic E-state index is 0.00782. The van der Waals surface area contributed by atoms with Gasteiger partial charge in [0.15, 0.2) is 0 Å². The van der Waals surface area contributed by atoms with Gasteiger partial charge in [0.2, 0.25) is 0 Å². The fraction of sp³-hybridized carbons (Fsp3) is 0.238. The van der Waals surface area contributed by atoms with Gasteiger partial charge in [-0.05, 0) is 55.8 Å². The summed E-state index contributed by atoms with van der Waals surface area (Å²) in [5, 5.41) is 4.28. The molecule has 3 rings (SSSR count). The molecule has 0 atom stereocenters. The fourth-order valence-electron chi connectivity index (χ4n) is 2.72. The molecule has 5 heteroatoms. The average molecular weight is 349 g/mol. The first kappa shape index (κ1) is 17.7. The minimum Gasteiger partial charge on any atom is -0.494 e. The molecule has 0 fully saturated rings. The van der Waals surface area contributed by atoms with E-state index in [9.17, 15) is 4.79 Å². The number of hydrogen-bond donors (Lipinski definition) is 0. The number of benzene rings is 2. The van der Waals surface area contributed by atoms with Crippen LogP contribution in [0, 0.1) is 6.92 Å². The smallest absolute Gasteiger partial charge is 0.253 e. The Morgan fingerprint density at radius 3 is 2.46 bits per heavy atom. The highest BCUT2D eigenvalue weighted by molar-refractivity contribution is 5.94. The summed E-state index contributed by atoms with van der Waals surface area (Å²) in [5.74, 6) is 0.861. The molecule has 134 valence electrons. The van der Waals surface area contributed by atoms with E-state index in [2.05, 4.69) is 5.10 Å². The van der Waals surface area contributed by atoms with Crippen molar-refractivity contribution in [2.24, 2.45) is 0 Å². The van der Waals surface area contributed by atoms with Crippen LogP contribution in [0.4, 0.5) is 0 Å². The van der Waals surface area contributed by atoms with E-state index < -0.39 is 0 Å². The number of carbonyl (C=O) groups is 1. The normalized spacial score (nSPS) is 10.5. The Bertz CT molecular complexity index is 841. The Morgan fingerprint density at radius 2 is 1.81 bits per heavy atom. The Labute approximate surface area is 153 Å². The van der Waals surface area contributed by atoms with Crippen LogP contribution in [0.15, 0.2) is 66.9 Å². The summed E-state index contributed by atoms with van der Waals surface area (Å²) < 4.78 is 7.51. The van der Waals surface area contributed by atoms with Crippen LogP contribution >= 0.6 is 0 Å². The molecule has 0 aliphatic rings. The van der Waals surface area contributed by atoms with Crippen molar-refractivity contribution in [2.45, 2.75) is 13.3 Å². The summed E-state index contributed by atoms with van der Waals surface area (Å²) in [6.07, 6.45) is 2.54. The molecule has 2 aromatic carbocycles. The molecule has 0 radical (unpaired) electrons. The lowest BCUT2D eigenvalue weighted by atomic mass is 10.2. The van der Waals surface area contributed by atoms with Crippen molar-refractivity contribution < 1.29 is 9.53 Å². The molecule has 0 saturated heterocycles. The Balaban J connectivity index is 1.51. The van der Waals surface area contributed by atoms with Crippen molar-refractivity contribution >= 4 is 5.91 Å². The molecule has 0 aliphatic carbocycles. The largest absolute Gasteiger partial charge is 0.494 e. The number of ether oxygens (including phenoxy) is 1. The first-order valence-electron chi connectivity index (χ1n) is 8.69. The monoisotopic (exact) mass is 349 g/mol. The van der Waals surface area contributed by atoms with Gasteiger partial charge in [-0.15, -0.1) is 0 Å². The van der Waals surface area contributed by atoms with Crippen molar-refractivity contribution in [3.63, 3.8) is 0 Å². The second-order valence-corrected chi connectivity index (χ2v) is 6.17. The van der Waals surface area contributed by atoms with Gasteiger partial charge in [-0.1, -0.05) is 18.2 Å². The summed E-state index contributed by atoms with van der Waals surface area (Å²) in [5.41, 5.74) is 2.67. The summed E-state index contributed by atoms with van der Waals surface area (Å²) >= 11 is 0. The average Bonchev–Trinajstić information content (AvgIpc) is 3.11. The lowest BCUT2D eigenvalue weighted by molar-refractivity contribution is 0.0788. The number of carbonyl (C=O) groups excluding carboxylic acids is 1. The number of para-hydroxylation sites is 1. The van der Waals surface area contributed by atoms with Gasteiger partial charge in [0.05, 0.1) is 12.3 Å². The molecule has 1 amide bonds. The van der Waals surface area contributed by atoms with E-state index in [0.717, 1.165) is 23.6 Å². The van der Waals surface area contributed by atoms with Gasteiger partial charge < -0.3 is 9.64 Å². The highest BCUT2D eigenvalue weighted by Gasteiger charge is 2.12. The number of aryl methyl sites for hydroxylation is 1. The fourth-order valence-corrected chi connectivity index (χ4v) is 2.72. The van der Waals surface area contributed by atoms with E-state index in [0.29, 0.717) is 18.7 Å². The van der Waals surface area contributed by atoms with Crippen LogP contribution in [-0.4, -0.2) is 40.8 Å². The summed E-state index contributed by atoms with van der Waals surface area (Å²) in [6.45, 7) is 3.22. The summed E-state index contributed by atoms with van der Waals surface area (Å²) in [7, 11) is 1.82. The SMILES string of the molecule is Cc1ccnn1-c1ccc(C(=O)N(C)CCCOc2ccccc2)cc1. The lowest BCUT2D eigenvalue weighted by Crippen LogP contribution is -2.28. The van der Waals surface area contributed by atoms with E-state index in [1.165, 1.54) is 0 Å². The van der Waals surface area contributed by atoms with Gasteiger partial charge in [0.25, 0.3) is 5.91 Å². The van der Waals surface area contributed by atoms with Crippen LogP contribution in [0.1, 0.15) is 22.5 Å². The second kappa shape index (κ2) is 8.34. The maximum atomic E-state index is 12.5. The maximum Gasteiger partial charge on any atom is 0.253 e. The summed E-state index contributed by atoms with van der Waals surface area (Å²) in [6, 6.07) is 19.2. The van der Waals surface area contributed by atoms with Gasteiger partial charge in [-0.2, -0.15) is 5.10 Å². The molecule has 0 spiro atoms. The van der Waals surface area contributed by atoms with Crippen molar-refractivity contribution in [1.29, 1.82) is 0 Å². The molecular weight excluding hydrogens is 326 g/mol. The Hall–Kier alpha value is -3.08. The number of amides is 1. The number of aromatic nitrogens is 2. The van der Waals surface area contributed by atoms with E-state index in [-0.39, 0.29) is 5.91 Å². The molecule has 26 heavy (non-hydrogen) atoms. The van der Waals surface area contributed by atoms with Gasteiger partial charge in [-0.3, -0.25) is 4.79 Å². The topological polar surface area (TPSA) is 47.4 Å². The quantitative estimate of drug-likeness (QED) is 0.611. The van der Waals surface area contributed by atoms with Crippen LogP contribution in [-0.2, 0) is 0 Å². The van der Waals surface area contributed by atoms with Gasteiger partial charge in [-0.25, -0.2) is 4.68 Å². The molecule has 0 N–H and O–H groups in total. The van der Waals surface area contributed by atoms with E-state index in [4.69, 9.17) is 4.74 Å². The first-order chi connectivity index (χ1) is 12.6. The van der Waals surface area contributed by atoms with Crippen LogP contribution in [0.25, 0.3) is 5.69 Å². The van der Waals surface area contributed by atoms with Crippen molar-refractivity contribution in [3.8, 4) is 11.4 Å². The third kappa shape index (κ3) is 4.30. The first-order valence-corrected chi connectivity index (χ1v) is 8.69. The number of rotatable bonds is 7. The van der Waals surface area contributed by atoms with Crippen LogP contribution in [0.5, 0.6) is 5.75 Å². The molecule has 0 saturated carbocycles.